The van der Waals surface area contributed by atoms with Gasteiger partial charge < -0.3 is 24.1 Å². The molecule has 0 saturated heterocycles. The molecule has 0 amide bonds. The highest BCUT2D eigenvalue weighted by molar-refractivity contribution is 7.69. The van der Waals surface area contributed by atoms with Gasteiger partial charge in [0.1, 0.15) is 17.2 Å². The van der Waals surface area contributed by atoms with Crippen LogP contribution in [-0.2, 0) is 4.57 Å². The zero-order valence-corrected chi connectivity index (χ0v) is 8.60. The molecule has 0 spiro atoms. The van der Waals surface area contributed by atoms with Gasteiger partial charge in [0.15, 0.2) is 0 Å². The Kier molecular flexibility index (Phi) is 3.34. The molecule has 0 heterocycles. The number of carbonyl (C=O) groups is 1. The van der Waals surface area contributed by atoms with Gasteiger partial charge in [-0.05, 0) is 24.3 Å². The maximum atomic E-state index is 10.8. The second kappa shape index (κ2) is 4.33. The molecule has 0 radical (unpaired) electrons. The highest BCUT2D eigenvalue weighted by atomic mass is 31.2. The Labute approximate surface area is 85.6 Å². The van der Waals surface area contributed by atoms with E-state index in [0.29, 0.717) is 5.75 Å². The molecule has 15 heavy (non-hydrogen) atoms. The Morgan fingerprint density at radius 2 is 1.73 bits per heavy atom. The summed E-state index contributed by atoms with van der Waals surface area (Å²) < 4.78 is 19.8. The van der Waals surface area contributed by atoms with Crippen molar-refractivity contribution >= 4 is 13.3 Å². The quantitative estimate of drug-likeness (QED) is 0.673. The number of ether oxygens (including phenoxy) is 1. The molecule has 0 fully saturated rings. The molecule has 1 aromatic rings. The predicted molar refractivity (Wildman–Crippen MR) is 46.6 cm³/mol. The Hall–Kier alpha value is -1.52. The SMILES string of the molecule is COc1ccc(OP(=O)([O-])C(=O)[O-])cc1. The van der Waals surface area contributed by atoms with Crippen molar-refractivity contribution in [1.82, 2.24) is 0 Å². The molecular weight excluding hydrogens is 223 g/mol. The van der Waals surface area contributed by atoms with Gasteiger partial charge in [0.25, 0.3) is 0 Å². The number of rotatable bonds is 4. The van der Waals surface area contributed by atoms with Gasteiger partial charge >= 0.3 is 0 Å². The van der Waals surface area contributed by atoms with E-state index in [1.807, 2.05) is 0 Å². The molecule has 1 unspecified atom stereocenters. The van der Waals surface area contributed by atoms with Crippen molar-refractivity contribution in [2.24, 2.45) is 0 Å². The molecular formula is C8H7O6P-2. The highest BCUT2D eigenvalue weighted by Crippen LogP contribution is 2.37. The van der Waals surface area contributed by atoms with E-state index in [1.54, 1.807) is 0 Å². The second-order valence-corrected chi connectivity index (χ2v) is 4.07. The van der Waals surface area contributed by atoms with Gasteiger partial charge in [-0.3, -0.25) is 4.57 Å². The molecule has 0 aliphatic heterocycles. The van der Waals surface area contributed by atoms with Gasteiger partial charge in [0.2, 0.25) is 7.60 Å². The molecule has 0 saturated carbocycles. The topological polar surface area (TPSA) is 98.7 Å². The molecule has 0 bridgehead atoms. The first kappa shape index (κ1) is 11.6. The van der Waals surface area contributed by atoms with Crippen molar-refractivity contribution in [2.45, 2.75) is 0 Å². The highest BCUT2D eigenvalue weighted by Gasteiger charge is 2.11. The Morgan fingerprint density at radius 3 is 2.13 bits per heavy atom. The van der Waals surface area contributed by atoms with Crippen molar-refractivity contribution in [1.29, 1.82) is 0 Å². The monoisotopic (exact) mass is 230 g/mol. The maximum Gasteiger partial charge on any atom is 0.229 e. The van der Waals surface area contributed by atoms with Gasteiger partial charge in [-0.1, -0.05) is 0 Å². The average Bonchev–Trinajstić information content (AvgIpc) is 2.18. The number of benzene rings is 1. The molecule has 82 valence electrons. The minimum absolute atomic E-state index is 0.113. The van der Waals surface area contributed by atoms with Crippen molar-refractivity contribution in [3.05, 3.63) is 24.3 Å². The van der Waals surface area contributed by atoms with Crippen LogP contribution in [0.3, 0.4) is 0 Å². The minimum atomic E-state index is -5.00. The van der Waals surface area contributed by atoms with E-state index in [4.69, 9.17) is 4.74 Å². The molecule has 1 aromatic carbocycles. The Morgan fingerprint density at radius 1 is 1.27 bits per heavy atom. The molecule has 7 heteroatoms. The lowest BCUT2D eigenvalue weighted by Crippen LogP contribution is -2.28. The summed E-state index contributed by atoms with van der Waals surface area (Å²) >= 11 is 0. The first-order chi connectivity index (χ1) is 6.95. The number of methoxy groups -OCH3 is 1. The number of carbonyl (C=O) groups excluding carboxylic acids is 1. The lowest BCUT2D eigenvalue weighted by atomic mass is 10.3. The third kappa shape index (κ3) is 2.97. The fourth-order valence-corrected chi connectivity index (χ4v) is 1.29. The summed E-state index contributed by atoms with van der Waals surface area (Å²) in [5.41, 5.74) is -2.25. The lowest BCUT2D eigenvalue weighted by molar-refractivity contribution is -0.254. The third-order valence-electron chi connectivity index (χ3n) is 1.51. The van der Waals surface area contributed by atoms with E-state index >= 15 is 0 Å². The third-order valence-corrected chi connectivity index (χ3v) is 2.41. The van der Waals surface area contributed by atoms with E-state index in [2.05, 4.69) is 4.52 Å². The number of hydrogen-bond donors (Lipinski definition) is 0. The fourth-order valence-electron chi connectivity index (χ4n) is 0.813. The molecule has 6 nitrogen and oxygen atoms in total. The lowest BCUT2D eigenvalue weighted by Gasteiger charge is -2.24. The first-order valence-corrected chi connectivity index (χ1v) is 5.36. The van der Waals surface area contributed by atoms with Gasteiger partial charge in [-0.2, -0.15) is 0 Å². The molecule has 0 aliphatic carbocycles. The van der Waals surface area contributed by atoms with Crippen LogP contribution in [0, 0.1) is 0 Å². The van der Waals surface area contributed by atoms with E-state index in [9.17, 15) is 19.4 Å². The van der Waals surface area contributed by atoms with E-state index in [-0.39, 0.29) is 5.75 Å². The summed E-state index contributed by atoms with van der Waals surface area (Å²) in [4.78, 5) is 20.9. The normalized spacial score (nSPS) is 14.0. The number of carboxylic acid groups (broad SMARTS) is 1. The van der Waals surface area contributed by atoms with Crippen LogP contribution in [0.1, 0.15) is 0 Å². The van der Waals surface area contributed by atoms with Gasteiger partial charge in [0, 0.05) is 0 Å². The number of hydrogen-bond acceptors (Lipinski definition) is 6. The van der Waals surface area contributed by atoms with Crippen LogP contribution in [0.5, 0.6) is 11.5 Å². The Bertz CT molecular complexity index is 398. The second-order valence-electron chi connectivity index (χ2n) is 2.53. The van der Waals surface area contributed by atoms with Crippen molar-refractivity contribution in [2.75, 3.05) is 7.11 Å². The van der Waals surface area contributed by atoms with E-state index in [0.717, 1.165) is 0 Å². The molecule has 1 atom stereocenters. The van der Waals surface area contributed by atoms with Crippen molar-refractivity contribution in [3.8, 4) is 11.5 Å². The summed E-state index contributed by atoms with van der Waals surface area (Å²) in [6.45, 7) is 0. The van der Waals surface area contributed by atoms with E-state index in [1.165, 1.54) is 31.4 Å². The van der Waals surface area contributed by atoms with Crippen LogP contribution < -0.4 is 19.3 Å². The zero-order valence-electron chi connectivity index (χ0n) is 7.71. The summed E-state index contributed by atoms with van der Waals surface area (Å²) in [5, 5.41) is 10.1. The van der Waals surface area contributed by atoms with Gasteiger partial charge in [0.05, 0.1) is 7.11 Å². The van der Waals surface area contributed by atoms with Crippen LogP contribution in [0.4, 0.5) is 4.79 Å². The predicted octanol–water partition coefficient (Wildman–Crippen LogP) is -0.0293. The average molecular weight is 230 g/mol. The van der Waals surface area contributed by atoms with Crippen LogP contribution in [0.15, 0.2) is 24.3 Å². The Balaban J connectivity index is 2.82. The summed E-state index contributed by atoms with van der Waals surface area (Å²) in [7, 11) is -3.56. The largest absolute Gasteiger partial charge is 0.765 e. The fraction of sp³-hybridized carbons (Fsp3) is 0.125. The summed E-state index contributed by atoms with van der Waals surface area (Å²) in [6.07, 6.45) is 0. The molecule has 0 aliphatic rings. The summed E-state index contributed by atoms with van der Waals surface area (Å²) in [5.74, 6) is 0.384. The van der Waals surface area contributed by atoms with Crippen LogP contribution in [0.25, 0.3) is 0 Å². The standard InChI is InChI=1S/C8H9O6P/c1-13-6-2-4-7(5-3-6)14-15(11,12)8(9)10/h2-5H,1H3,(H,9,10)(H,11,12)/p-2. The van der Waals surface area contributed by atoms with Gasteiger partial charge in [-0.25, -0.2) is 0 Å². The van der Waals surface area contributed by atoms with Crippen molar-refractivity contribution in [3.63, 3.8) is 0 Å². The van der Waals surface area contributed by atoms with Crippen molar-refractivity contribution < 1.29 is 28.6 Å². The van der Waals surface area contributed by atoms with Gasteiger partial charge in [-0.15, -0.1) is 0 Å². The van der Waals surface area contributed by atoms with Crippen LogP contribution >= 0.6 is 7.60 Å². The first-order valence-electron chi connectivity index (χ1n) is 3.82. The smallest absolute Gasteiger partial charge is 0.229 e. The minimum Gasteiger partial charge on any atom is -0.765 e. The maximum absolute atomic E-state index is 10.8. The van der Waals surface area contributed by atoms with Crippen LogP contribution in [0.2, 0.25) is 0 Å². The zero-order chi connectivity index (χ0) is 11.5. The van der Waals surface area contributed by atoms with Crippen LogP contribution in [-0.4, -0.2) is 12.8 Å². The molecule has 0 N–H and O–H groups in total. The summed E-state index contributed by atoms with van der Waals surface area (Å²) in [6, 6.07) is 5.41. The molecule has 0 aromatic heterocycles. The molecule has 1 rings (SSSR count). The van der Waals surface area contributed by atoms with E-state index < -0.39 is 13.3 Å².